The van der Waals surface area contributed by atoms with Crippen LogP contribution in [0.4, 0.5) is 10.1 Å². The van der Waals surface area contributed by atoms with Crippen LogP contribution in [0.3, 0.4) is 0 Å². The molecule has 0 radical (unpaired) electrons. The van der Waals surface area contributed by atoms with Crippen molar-refractivity contribution in [2.45, 2.75) is 0 Å². The number of halogens is 1. The van der Waals surface area contributed by atoms with Crippen molar-refractivity contribution in [3.63, 3.8) is 0 Å². The van der Waals surface area contributed by atoms with Crippen LogP contribution in [0, 0.1) is 11.0 Å². The summed E-state index contributed by atoms with van der Waals surface area (Å²) in [6.45, 7) is 0. The largest absolute Gasteiger partial charge is 0.618 e. The highest BCUT2D eigenvalue weighted by Crippen LogP contribution is 2.29. The summed E-state index contributed by atoms with van der Waals surface area (Å²) in [7, 11) is 1.22. The topological polar surface area (TPSA) is 69.4 Å². The van der Waals surface area contributed by atoms with Crippen LogP contribution in [0.5, 0.6) is 0 Å². The molecule has 2 aromatic carbocycles. The number of hydrogen-bond donors (Lipinski definition) is 0. The van der Waals surface area contributed by atoms with Crippen molar-refractivity contribution in [1.82, 2.24) is 0 Å². The van der Waals surface area contributed by atoms with E-state index in [-0.39, 0.29) is 28.1 Å². The summed E-state index contributed by atoms with van der Waals surface area (Å²) < 4.78 is 18.3. The van der Waals surface area contributed by atoms with E-state index in [0.717, 1.165) is 6.07 Å². The standard InChI is InChI=1S/C16H10FNO4/c1-22-16(20)10-5-6-12-13(8-10)18(21)14(15(12)19)9-3-2-4-11(17)7-9/h2-8H,1H3. The van der Waals surface area contributed by atoms with Crippen LogP contribution in [-0.4, -0.2) is 29.3 Å². The Labute approximate surface area is 124 Å². The summed E-state index contributed by atoms with van der Waals surface area (Å²) >= 11 is 0. The summed E-state index contributed by atoms with van der Waals surface area (Å²) in [5, 5.41) is 12.4. The molecule has 0 N–H and O–H groups in total. The van der Waals surface area contributed by atoms with Crippen molar-refractivity contribution in [2.24, 2.45) is 0 Å². The zero-order valence-corrected chi connectivity index (χ0v) is 11.5. The summed E-state index contributed by atoms with van der Waals surface area (Å²) in [4.78, 5) is 23.9. The van der Waals surface area contributed by atoms with E-state index >= 15 is 0 Å². The Morgan fingerprint density at radius 1 is 1.23 bits per heavy atom. The first kappa shape index (κ1) is 13.9. The number of carbonyl (C=O) groups excluding carboxylic acids is 2. The van der Waals surface area contributed by atoms with Gasteiger partial charge in [-0.05, 0) is 30.3 Å². The fraction of sp³-hybridized carbons (Fsp3) is 0.0625. The van der Waals surface area contributed by atoms with E-state index in [2.05, 4.69) is 4.74 Å². The third-order valence-corrected chi connectivity index (χ3v) is 3.40. The molecule has 3 rings (SSSR count). The van der Waals surface area contributed by atoms with Gasteiger partial charge in [-0.2, -0.15) is 4.74 Å². The van der Waals surface area contributed by atoms with Gasteiger partial charge in [0.05, 0.1) is 18.2 Å². The molecule has 5 nitrogen and oxygen atoms in total. The number of esters is 1. The van der Waals surface area contributed by atoms with Crippen LogP contribution in [0.2, 0.25) is 0 Å². The normalized spacial score (nSPS) is 13.3. The van der Waals surface area contributed by atoms with Gasteiger partial charge in [-0.25, -0.2) is 9.18 Å². The quantitative estimate of drug-likeness (QED) is 0.485. The summed E-state index contributed by atoms with van der Waals surface area (Å²) in [5.74, 6) is -1.66. The molecule has 0 unspecified atom stereocenters. The first-order chi connectivity index (χ1) is 10.5. The van der Waals surface area contributed by atoms with E-state index in [9.17, 15) is 19.2 Å². The van der Waals surface area contributed by atoms with Gasteiger partial charge in [0.1, 0.15) is 11.4 Å². The maximum Gasteiger partial charge on any atom is 0.338 e. The molecule has 1 heterocycles. The molecular weight excluding hydrogens is 289 g/mol. The van der Waals surface area contributed by atoms with Crippen LogP contribution >= 0.6 is 0 Å². The minimum Gasteiger partial charge on any atom is -0.618 e. The fourth-order valence-electron chi connectivity index (χ4n) is 2.36. The second-order valence-electron chi connectivity index (χ2n) is 4.71. The maximum absolute atomic E-state index is 13.3. The Morgan fingerprint density at radius 3 is 2.68 bits per heavy atom. The average Bonchev–Trinajstić information content (AvgIpc) is 2.77. The number of ketones is 1. The molecule has 2 aromatic rings. The highest BCUT2D eigenvalue weighted by atomic mass is 19.1. The fourth-order valence-corrected chi connectivity index (χ4v) is 2.36. The van der Waals surface area contributed by atoms with Crippen LogP contribution in [0.1, 0.15) is 26.3 Å². The molecule has 1 aliphatic heterocycles. The van der Waals surface area contributed by atoms with Crippen molar-refractivity contribution >= 4 is 23.2 Å². The summed E-state index contributed by atoms with van der Waals surface area (Å²) in [6.07, 6.45) is 0. The lowest BCUT2D eigenvalue weighted by Gasteiger charge is -2.03. The molecule has 0 amide bonds. The van der Waals surface area contributed by atoms with Gasteiger partial charge in [-0.3, -0.25) is 4.79 Å². The Kier molecular flexibility index (Phi) is 3.21. The SMILES string of the molecule is COC(=O)c1ccc2c(c1)[N+]([O-])=C(c1cccc(F)c1)C2=O. The number of Topliss-reactive ketones (excluding diaryl/α,β-unsaturated/α-hetero) is 1. The van der Waals surface area contributed by atoms with Gasteiger partial charge in [0.2, 0.25) is 5.69 Å². The highest BCUT2D eigenvalue weighted by Gasteiger charge is 2.37. The molecule has 0 atom stereocenters. The van der Waals surface area contributed by atoms with Gasteiger partial charge >= 0.3 is 5.97 Å². The van der Waals surface area contributed by atoms with E-state index in [1.54, 1.807) is 0 Å². The van der Waals surface area contributed by atoms with E-state index in [4.69, 9.17) is 0 Å². The van der Waals surface area contributed by atoms with Crippen molar-refractivity contribution in [3.05, 3.63) is 70.2 Å². The Bertz CT molecular complexity index is 842. The van der Waals surface area contributed by atoms with Crippen LogP contribution in [0.15, 0.2) is 42.5 Å². The molecule has 0 fully saturated rings. The first-order valence-electron chi connectivity index (χ1n) is 6.40. The lowest BCUT2D eigenvalue weighted by Crippen LogP contribution is -2.16. The zero-order valence-electron chi connectivity index (χ0n) is 11.5. The maximum atomic E-state index is 13.3. The molecular formula is C16H10FNO4. The van der Waals surface area contributed by atoms with Gasteiger partial charge in [0, 0.05) is 6.07 Å². The third-order valence-electron chi connectivity index (χ3n) is 3.40. The van der Waals surface area contributed by atoms with E-state index in [1.807, 2.05) is 0 Å². The second-order valence-corrected chi connectivity index (χ2v) is 4.71. The lowest BCUT2D eigenvalue weighted by atomic mass is 10.0. The smallest absolute Gasteiger partial charge is 0.338 e. The van der Waals surface area contributed by atoms with E-state index in [1.165, 1.54) is 43.5 Å². The van der Waals surface area contributed by atoms with Crippen LogP contribution in [-0.2, 0) is 4.74 Å². The molecule has 110 valence electrons. The number of methoxy groups -OCH3 is 1. The van der Waals surface area contributed by atoms with E-state index in [0.29, 0.717) is 4.74 Å². The molecule has 0 bridgehead atoms. The molecule has 0 aromatic heterocycles. The van der Waals surface area contributed by atoms with E-state index < -0.39 is 17.6 Å². The lowest BCUT2D eigenvalue weighted by molar-refractivity contribution is -0.355. The van der Waals surface area contributed by atoms with Gasteiger partial charge < -0.3 is 9.94 Å². The summed E-state index contributed by atoms with van der Waals surface area (Å²) in [6, 6.07) is 9.33. The molecule has 0 saturated heterocycles. The van der Waals surface area contributed by atoms with Crippen molar-refractivity contribution in [1.29, 1.82) is 0 Å². The molecule has 0 saturated carbocycles. The summed E-state index contributed by atoms with van der Waals surface area (Å²) in [5.41, 5.74) is 0.400. The monoisotopic (exact) mass is 299 g/mol. The second kappa shape index (κ2) is 5.07. The minimum atomic E-state index is -0.608. The number of carbonyl (C=O) groups is 2. The van der Waals surface area contributed by atoms with Crippen LogP contribution < -0.4 is 0 Å². The number of benzene rings is 2. The van der Waals surface area contributed by atoms with Gasteiger partial charge in [-0.1, -0.05) is 6.07 Å². The molecule has 0 spiro atoms. The average molecular weight is 299 g/mol. The number of nitrogens with zero attached hydrogens (tertiary/aromatic N) is 1. The number of hydrogen-bond acceptors (Lipinski definition) is 4. The zero-order chi connectivity index (χ0) is 15.9. The predicted molar refractivity (Wildman–Crippen MR) is 75.9 cm³/mol. The third kappa shape index (κ3) is 2.05. The molecule has 6 heteroatoms. The van der Waals surface area contributed by atoms with Gasteiger partial charge in [0.25, 0.3) is 11.5 Å². The number of rotatable bonds is 2. The first-order valence-corrected chi connectivity index (χ1v) is 6.40. The van der Waals surface area contributed by atoms with Gasteiger partial charge in [0.15, 0.2) is 0 Å². The number of fused-ring (bicyclic) bond motifs is 1. The Hall–Kier alpha value is -3.02. The Balaban J connectivity index is 2.15. The predicted octanol–water partition coefficient (Wildman–Crippen LogP) is 2.44. The number of ether oxygens (including phenoxy) is 1. The minimum absolute atomic E-state index is 0.0483. The Morgan fingerprint density at radius 2 is 2.00 bits per heavy atom. The van der Waals surface area contributed by atoms with Crippen molar-refractivity contribution in [3.8, 4) is 0 Å². The van der Waals surface area contributed by atoms with Crippen molar-refractivity contribution in [2.75, 3.05) is 7.11 Å². The molecule has 22 heavy (non-hydrogen) atoms. The van der Waals surface area contributed by atoms with Crippen molar-refractivity contribution < 1.29 is 23.5 Å². The van der Waals surface area contributed by atoms with Crippen LogP contribution in [0.25, 0.3) is 0 Å². The molecule has 0 aliphatic carbocycles. The molecule has 1 aliphatic rings. The highest BCUT2D eigenvalue weighted by molar-refractivity contribution is 6.52. The van der Waals surface area contributed by atoms with Gasteiger partial charge in [-0.15, -0.1) is 0 Å².